The van der Waals surface area contributed by atoms with Crippen LogP contribution in [0.5, 0.6) is 17.4 Å². The molecule has 0 amide bonds. The molecule has 4 rings (SSSR count). The third-order valence-electron chi connectivity index (χ3n) is 5.71. The molecule has 3 heterocycles. The summed E-state index contributed by atoms with van der Waals surface area (Å²) in [5.41, 5.74) is 1.10. The third kappa shape index (κ3) is 3.79. The van der Waals surface area contributed by atoms with E-state index in [9.17, 15) is 5.11 Å². The Bertz CT molecular complexity index is 991. The zero-order chi connectivity index (χ0) is 20.5. The molecule has 0 spiro atoms. The van der Waals surface area contributed by atoms with E-state index in [1.54, 1.807) is 11.6 Å². The first kappa shape index (κ1) is 20.0. The van der Waals surface area contributed by atoms with Crippen molar-refractivity contribution in [2.45, 2.75) is 39.7 Å². The van der Waals surface area contributed by atoms with Crippen LogP contribution in [0.25, 0.3) is 4.96 Å². The van der Waals surface area contributed by atoms with Crippen LogP contribution in [0.2, 0.25) is 0 Å². The number of piperidine rings is 1. The van der Waals surface area contributed by atoms with E-state index in [0.29, 0.717) is 18.2 Å². The highest BCUT2D eigenvalue weighted by Crippen LogP contribution is 2.38. The van der Waals surface area contributed by atoms with Crippen molar-refractivity contribution in [1.29, 1.82) is 0 Å². The van der Waals surface area contributed by atoms with E-state index in [2.05, 4.69) is 23.1 Å². The summed E-state index contributed by atoms with van der Waals surface area (Å²) in [6.07, 6.45) is 2.36. The van der Waals surface area contributed by atoms with E-state index in [4.69, 9.17) is 9.47 Å². The maximum Gasteiger partial charge on any atom is 0.235 e. The highest BCUT2D eigenvalue weighted by molar-refractivity contribution is 7.17. The van der Waals surface area contributed by atoms with Crippen LogP contribution in [0.15, 0.2) is 18.2 Å². The summed E-state index contributed by atoms with van der Waals surface area (Å²) in [7, 11) is 1.66. The van der Waals surface area contributed by atoms with Crippen LogP contribution in [-0.2, 0) is 0 Å². The van der Waals surface area contributed by atoms with Crippen molar-refractivity contribution in [3.63, 3.8) is 0 Å². The molecule has 0 saturated carbocycles. The number of rotatable bonds is 6. The number of aromatic nitrogens is 3. The van der Waals surface area contributed by atoms with Crippen molar-refractivity contribution in [3.8, 4) is 17.4 Å². The lowest BCUT2D eigenvalue weighted by atomic mass is 9.95. The minimum atomic E-state index is 0.000817. The van der Waals surface area contributed by atoms with Crippen LogP contribution in [0.1, 0.15) is 49.0 Å². The number of nitrogens with one attached hydrogen (secondary N) is 1. The SMILES string of the molecule is CCOc1ccc([C@H](c2sc3nc(C)nn3c2O)[NH+]2CCC(C)CC2)cc1OC. The lowest BCUT2D eigenvalue weighted by Gasteiger charge is -2.33. The molecule has 156 valence electrons. The largest absolute Gasteiger partial charge is 0.493 e. The number of hydrogen-bond donors (Lipinski definition) is 2. The van der Waals surface area contributed by atoms with Gasteiger partial charge in [0.15, 0.2) is 17.5 Å². The minimum absolute atomic E-state index is 0.000817. The number of likely N-dealkylation sites (tertiary alicyclic amines) is 1. The standard InChI is InChI=1S/C21H28N4O3S/c1-5-28-16-7-6-15(12-17(16)27-4)18(24-10-8-13(2)9-11-24)19-20(26)25-21(29-19)22-14(3)23-25/h6-7,12-13,18,26H,5,8-11H2,1-4H3/p+1/t18-/m1/s1. The molecule has 8 heteroatoms. The van der Waals surface area contributed by atoms with Gasteiger partial charge in [-0.3, -0.25) is 0 Å². The van der Waals surface area contributed by atoms with Gasteiger partial charge in [0.1, 0.15) is 10.7 Å². The highest BCUT2D eigenvalue weighted by Gasteiger charge is 2.35. The van der Waals surface area contributed by atoms with E-state index >= 15 is 0 Å². The molecule has 1 fully saturated rings. The molecule has 1 aliphatic rings. The number of benzene rings is 1. The number of nitrogens with zero attached hydrogens (tertiary/aromatic N) is 3. The van der Waals surface area contributed by atoms with Gasteiger partial charge in [0, 0.05) is 5.56 Å². The number of thiazole rings is 1. The molecule has 29 heavy (non-hydrogen) atoms. The molecule has 7 nitrogen and oxygen atoms in total. The lowest BCUT2D eigenvalue weighted by Crippen LogP contribution is -3.13. The van der Waals surface area contributed by atoms with Crippen LogP contribution < -0.4 is 14.4 Å². The highest BCUT2D eigenvalue weighted by atomic mass is 32.1. The maximum absolute atomic E-state index is 11.0. The van der Waals surface area contributed by atoms with Gasteiger partial charge in [0.05, 0.1) is 26.8 Å². The Balaban J connectivity index is 1.80. The molecule has 1 saturated heterocycles. The fourth-order valence-electron chi connectivity index (χ4n) is 4.17. The topological polar surface area (TPSA) is 73.3 Å². The Morgan fingerprint density at radius 1 is 1.31 bits per heavy atom. The molecule has 0 aliphatic carbocycles. The van der Waals surface area contributed by atoms with E-state index in [1.807, 2.05) is 26.0 Å². The summed E-state index contributed by atoms with van der Waals surface area (Å²) in [5.74, 6) is 3.05. The van der Waals surface area contributed by atoms with Crippen molar-refractivity contribution in [3.05, 3.63) is 34.5 Å². The zero-order valence-corrected chi connectivity index (χ0v) is 18.3. The van der Waals surface area contributed by atoms with E-state index in [-0.39, 0.29) is 11.9 Å². The van der Waals surface area contributed by atoms with Crippen molar-refractivity contribution in [2.75, 3.05) is 26.8 Å². The molecule has 2 aromatic heterocycles. The number of methoxy groups -OCH3 is 1. The average molecular weight is 418 g/mol. The number of quaternary nitrogens is 1. The Labute approximate surface area is 174 Å². The fourth-order valence-corrected chi connectivity index (χ4v) is 5.36. The fraction of sp³-hybridized carbons (Fsp3) is 0.524. The number of ether oxygens (including phenoxy) is 2. The molecule has 1 aromatic carbocycles. The van der Waals surface area contributed by atoms with Crippen LogP contribution >= 0.6 is 11.3 Å². The van der Waals surface area contributed by atoms with Crippen molar-refractivity contribution < 1.29 is 19.5 Å². The number of aromatic hydroxyl groups is 1. The molecule has 1 aliphatic heterocycles. The Morgan fingerprint density at radius 3 is 2.72 bits per heavy atom. The first-order valence-electron chi connectivity index (χ1n) is 10.2. The van der Waals surface area contributed by atoms with Crippen LogP contribution in [0, 0.1) is 12.8 Å². The second-order valence-corrected chi connectivity index (χ2v) is 8.77. The molecular weight excluding hydrogens is 388 g/mol. The van der Waals surface area contributed by atoms with Gasteiger partial charge in [-0.05, 0) is 50.8 Å². The summed E-state index contributed by atoms with van der Waals surface area (Å²) in [6.45, 7) is 8.83. The summed E-state index contributed by atoms with van der Waals surface area (Å²) in [6, 6.07) is 6.10. The first-order valence-corrected chi connectivity index (χ1v) is 11.0. The monoisotopic (exact) mass is 417 g/mol. The van der Waals surface area contributed by atoms with E-state index in [0.717, 1.165) is 40.2 Å². The Hall–Kier alpha value is -2.32. The average Bonchev–Trinajstić information content (AvgIpc) is 3.22. The van der Waals surface area contributed by atoms with Crippen LogP contribution in [0.4, 0.5) is 0 Å². The van der Waals surface area contributed by atoms with Crippen LogP contribution in [0.3, 0.4) is 0 Å². The molecule has 2 N–H and O–H groups in total. The van der Waals surface area contributed by atoms with Crippen molar-refractivity contribution >= 4 is 16.3 Å². The van der Waals surface area contributed by atoms with Gasteiger partial charge >= 0.3 is 0 Å². The van der Waals surface area contributed by atoms with Gasteiger partial charge in [-0.1, -0.05) is 18.3 Å². The van der Waals surface area contributed by atoms with Gasteiger partial charge in [-0.2, -0.15) is 4.52 Å². The Kier molecular flexibility index (Phi) is 5.65. The first-order chi connectivity index (χ1) is 14.0. The zero-order valence-electron chi connectivity index (χ0n) is 17.4. The van der Waals surface area contributed by atoms with Crippen molar-refractivity contribution in [2.24, 2.45) is 5.92 Å². The maximum atomic E-state index is 11.0. The summed E-state index contributed by atoms with van der Waals surface area (Å²) >= 11 is 1.52. The van der Waals surface area contributed by atoms with E-state index < -0.39 is 0 Å². The van der Waals surface area contributed by atoms with Gasteiger partial charge in [-0.15, -0.1) is 5.10 Å². The molecule has 3 aromatic rings. The molecule has 0 unspecified atom stereocenters. The smallest absolute Gasteiger partial charge is 0.235 e. The van der Waals surface area contributed by atoms with Gasteiger partial charge in [-0.25, -0.2) is 4.98 Å². The second kappa shape index (κ2) is 8.20. The summed E-state index contributed by atoms with van der Waals surface area (Å²) in [4.78, 5) is 7.53. The predicted octanol–water partition coefficient (Wildman–Crippen LogP) is 2.62. The molecule has 0 radical (unpaired) electrons. The quantitative estimate of drug-likeness (QED) is 0.645. The third-order valence-corrected chi connectivity index (χ3v) is 6.80. The molecule has 1 atom stereocenters. The predicted molar refractivity (Wildman–Crippen MR) is 112 cm³/mol. The second-order valence-electron chi connectivity index (χ2n) is 7.76. The number of hydrogen-bond acceptors (Lipinski definition) is 6. The molecule has 0 bridgehead atoms. The van der Waals surface area contributed by atoms with Crippen molar-refractivity contribution in [1.82, 2.24) is 14.6 Å². The number of aryl methyl sites for hydroxylation is 1. The van der Waals surface area contributed by atoms with Gasteiger partial charge in [0.2, 0.25) is 10.8 Å². The minimum Gasteiger partial charge on any atom is -0.493 e. The summed E-state index contributed by atoms with van der Waals surface area (Å²) in [5, 5.41) is 15.3. The number of fused-ring (bicyclic) bond motifs is 1. The van der Waals surface area contributed by atoms with Gasteiger partial charge in [0.25, 0.3) is 0 Å². The van der Waals surface area contributed by atoms with E-state index in [1.165, 1.54) is 29.1 Å². The van der Waals surface area contributed by atoms with Crippen LogP contribution in [-0.4, -0.2) is 46.5 Å². The normalized spacial score (nSPS) is 20.7. The summed E-state index contributed by atoms with van der Waals surface area (Å²) < 4.78 is 12.8. The van der Waals surface area contributed by atoms with Gasteiger partial charge < -0.3 is 19.5 Å². The molecular formula is C21H29N4O3S+. The Morgan fingerprint density at radius 2 is 2.07 bits per heavy atom. The lowest BCUT2D eigenvalue weighted by molar-refractivity contribution is -0.931.